The molecule has 0 aromatic heterocycles. The molecule has 4 nitrogen and oxygen atoms in total. The fraction of sp³-hybridized carbons (Fsp3) is 1.00. The molecule has 0 aromatic rings. The fourth-order valence-electron chi connectivity index (χ4n) is 3.46. The highest BCUT2D eigenvalue weighted by molar-refractivity contribution is 4.92. The number of piperidine rings is 1. The SMILES string of the molecule is CCC1(CN2CC(OC)C(OC)C2)CCNCC1. The number of nitrogens with zero attached hydrogens (tertiary/aromatic N) is 1. The van der Waals surface area contributed by atoms with Crippen LogP contribution < -0.4 is 5.32 Å². The lowest BCUT2D eigenvalue weighted by atomic mass is 9.76. The summed E-state index contributed by atoms with van der Waals surface area (Å²) in [5, 5.41) is 3.47. The van der Waals surface area contributed by atoms with E-state index in [0.717, 1.165) is 13.1 Å². The lowest BCUT2D eigenvalue weighted by Gasteiger charge is -2.39. The average molecular weight is 256 g/mol. The lowest BCUT2D eigenvalue weighted by Crippen LogP contribution is -2.44. The summed E-state index contributed by atoms with van der Waals surface area (Å²) >= 11 is 0. The normalized spacial score (nSPS) is 32.8. The van der Waals surface area contributed by atoms with Crippen molar-refractivity contribution >= 4 is 0 Å². The van der Waals surface area contributed by atoms with Crippen molar-refractivity contribution in [3.8, 4) is 0 Å². The van der Waals surface area contributed by atoms with Gasteiger partial charge in [-0.05, 0) is 37.8 Å². The number of ether oxygens (including phenoxy) is 2. The van der Waals surface area contributed by atoms with E-state index in [0.29, 0.717) is 5.41 Å². The maximum absolute atomic E-state index is 5.52. The second-order valence-corrected chi connectivity index (χ2v) is 5.85. The third-order valence-electron chi connectivity index (χ3n) is 4.87. The van der Waals surface area contributed by atoms with E-state index in [1.54, 1.807) is 14.2 Å². The van der Waals surface area contributed by atoms with Crippen LogP contribution in [0.4, 0.5) is 0 Å². The molecular weight excluding hydrogens is 228 g/mol. The van der Waals surface area contributed by atoms with Crippen molar-refractivity contribution in [3.05, 3.63) is 0 Å². The van der Waals surface area contributed by atoms with E-state index in [4.69, 9.17) is 9.47 Å². The van der Waals surface area contributed by atoms with Gasteiger partial charge in [0.2, 0.25) is 0 Å². The Morgan fingerprint density at radius 1 is 1.11 bits per heavy atom. The van der Waals surface area contributed by atoms with Gasteiger partial charge in [-0.15, -0.1) is 0 Å². The number of methoxy groups -OCH3 is 2. The zero-order valence-corrected chi connectivity index (χ0v) is 12.1. The van der Waals surface area contributed by atoms with Gasteiger partial charge in [0.15, 0.2) is 0 Å². The quantitative estimate of drug-likeness (QED) is 0.799. The Morgan fingerprint density at radius 3 is 2.11 bits per heavy atom. The van der Waals surface area contributed by atoms with Crippen molar-refractivity contribution in [2.75, 3.05) is 46.9 Å². The first-order valence-corrected chi connectivity index (χ1v) is 7.21. The molecule has 2 aliphatic rings. The van der Waals surface area contributed by atoms with E-state index in [-0.39, 0.29) is 12.2 Å². The highest BCUT2D eigenvalue weighted by atomic mass is 16.5. The number of hydrogen-bond acceptors (Lipinski definition) is 4. The molecular formula is C14H28N2O2. The van der Waals surface area contributed by atoms with Crippen molar-refractivity contribution in [3.63, 3.8) is 0 Å². The molecule has 2 heterocycles. The molecule has 0 aliphatic carbocycles. The third-order valence-corrected chi connectivity index (χ3v) is 4.87. The molecule has 1 N–H and O–H groups in total. The second kappa shape index (κ2) is 6.33. The van der Waals surface area contributed by atoms with Crippen molar-refractivity contribution in [1.29, 1.82) is 0 Å². The van der Waals surface area contributed by atoms with E-state index in [9.17, 15) is 0 Å². The minimum atomic E-state index is 0.241. The van der Waals surface area contributed by atoms with Crippen molar-refractivity contribution < 1.29 is 9.47 Å². The summed E-state index contributed by atoms with van der Waals surface area (Å²) in [4.78, 5) is 2.54. The minimum Gasteiger partial charge on any atom is -0.377 e. The van der Waals surface area contributed by atoms with Crippen LogP contribution in [0.2, 0.25) is 0 Å². The molecule has 2 saturated heterocycles. The number of likely N-dealkylation sites (tertiary alicyclic amines) is 1. The average Bonchev–Trinajstić information content (AvgIpc) is 2.81. The van der Waals surface area contributed by atoms with E-state index in [1.807, 2.05) is 0 Å². The summed E-state index contributed by atoms with van der Waals surface area (Å²) in [6, 6.07) is 0. The monoisotopic (exact) mass is 256 g/mol. The Balaban J connectivity index is 1.92. The van der Waals surface area contributed by atoms with E-state index in [1.165, 1.54) is 38.9 Å². The van der Waals surface area contributed by atoms with Crippen LogP contribution in [0.1, 0.15) is 26.2 Å². The van der Waals surface area contributed by atoms with Crippen LogP contribution in [0.25, 0.3) is 0 Å². The van der Waals surface area contributed by atoms with Crippen LogP contribution in [-0.4, -0.2) is 64.1 Å². The molecule has 0 bridgehead atoms. The first kappa shape index (κ1) is 14.3. The van der Waals surface area contributed by atoms with Gasteiger partial charge in [0.25, 0.3) is 0 Å². The van der Waals surface area contributed by atoms with Crippen LogP contribution in [-0.2, 0) is 9.47 Å². The van der Waals surface area contributed by atoms with Gasteiger partial charge in [0.1, 0.15) is 0 Å². The van der Waals surface area contributed by atoms with Crippen LogP contribution >= 0.6 is 0 Å². The lowest BCUT2D eigenvalue weighted by molar-refractivity contribution is -0.00461. The molecule has 0 spiro atoms. The molecule has 4 heteroatoms. The van der Waals surface area contributed by atoms with Gasteiger partial charge in [-0.2, -0.15) is 0 Å². The van der Waals surface area contributed by atoms with Gasteiger partial charge in [0.05, 0.1) is 12.2 Å². The number of rotatable bonds is 5. The molecule has 2 unspecified atom stereocenters. The molecule has 2 aliphatic heterocycles. The molecule has 106 valence electrons. The Morgan fingerprint density at radius 2 is 1.67 bits per heavy atom. The van der Waals surface area contributed by atoms with Gasteiger partial charge in [-0.1, -0.05) is 6.92 Å². The first-order chi connectivity index (χ1) is 8.73. The summed E-state index contributed by atoms with van der Waals surface area (Å²) in [5.41, 5.74) is 0.506. The zero-order chi connectivity index (χ0) is 13.0. The van der Waals surface area contributed by atoms with Crippen LogP contribution in [0.15, 0.2) is 0 Å². The van der Waals surface area contributed by atoms with Crippen molar-refractivity contribution in [1.82, 2.24) is 10.2 Å². The Kier molecular flexibility index (Phi) is 5.01. The maximum Gasteiger partial charge on any atom is 0.0971 e. The van der Waals surface area contributed by atoms with Gasteiger partial charge in [-0.3, -0.25) is 4.90 Å². The van der Waals surface area contributed by atoms with Crippen molar-refractivity contribution in [2.24, 2.45) is 5.41 Å². The topological polar surface area (TPSA) is 33.7 Å². The van der Waals surface area contributed by atoms with Crippen LogP contribution in [0, 0.1) is 5.41 Å². The third kappa shape index (κ3) is 3.05. The highest BCUT2D eigenvalue weighted by Crippen LogP contribution is 2.34. The fourth-order valence-corrected chi connectivity index (χ4v) is 3.46. The largest absolute Gasteiger partial charge is 0.377 e. The van der Waals surface area contributed by atoms with Crippen LogP contribution in [0.5, 0.6) is 0 Å². The number of nitrogens with one attached hydrogen (secondary N) is 1. The highest BCUT2D eigenvalue weighted by Gasteiger charge is 2.38. The molecule has 0 aromatic carbocycles. The molecule has 0 radical (unpaired) electrons. The molecule has 0 amide bonds. The Labute approximate surface area is 111 Å². The van der Waals surface area contributed by atoms with Crippen LogP contribution in [0.3, 0.4) is 0 Å². The van der Waals surface area contributed by atoms with Gasteiger partial charge >= 0.3 is 0 Å². The molecule has 2 atom stereocenters. The smallest absolute Gasteiger partial charge is 0.0971 e. The predicted octanol–water partition coefficient (Wildman–Crippen LogP) is 1.11. The van der Waals surface area contributed by atoms with Crippen molar-refractivity contribution in [2.45, 2.75) is 38.4 Å². The van der Waals surface area contributed by atoms with Gasteiger partial charge < -0.3 is 14.8 Å². The Hall–Kier alpha value is -0.160. The molecule has 2 fully saturated rings. The zero-order valence-electron chi connectivity index (χ0n) is 12.1. The maximum atomic E-state index is 5.52. The standard InChI is InChI=1S/C14H28N2O2/c1-4-14(5-7-15-8-6-14)11-16-9-12(17-2)13(10-16)18-3/h12-13,15H,4-11H2,1-3H3. The molecule has 0 saturated carbocycles. The summed E-state index contributed by atoms with van der Waals surface area (Å²) in [5.74, 6) is 0. The van der Waals surface area contributed by atoms with Gasteiger partial charge in [0, 0.05) is 33.9 Å². The van der Waals surface area contributed by atoms with E-state index >= 15 is 0 Å². The molecule has 18 heavy (non-hydrogen) atoms. The van der Waals surface area contributed by atoms with E-state index in [2.05, 4.69) is 17.1 Å². The summed E-state index contributed by atoms with van der Waals surface area (Å²) < 4.78 is 11.0. The van der Waals surface area contributed by atoms with Gasteiger partial charge in [-0.25, -0.2) is 0 Å². The first-order valence-electron chi connectivity index (χ1n) is 7.21. The molecule has 2 rings (SSSR count). The minimum absolute atomic E-state index is 0.241. The van der Waals surface area contributed by atoms with E-state index < -0.39 is 0 Å². The summed E-state index contributed by atoms with van der Waals surface area (Å²) in [6.45, 7) is 7.91. The number of hydrogen-bond donors (Lipinski definition) is 1. The predicted molar refractivity (Wildman–Crippen MR) is 72.9 cm³/mol. The summed E-state index contributed by atoms with van der Waals surface area (Å²) in [6.07, 6.45) is 4.36. The summed E-state index contributed by atoms with van der Waals surface area (Å²) in [7, 11) is 3.58. The second-order valence-electron chi connectivity index (χ2n) is 5.85. The Bertz CT molecular complexity index is 242.